The molecule has 0 aromatic carbocycles. The third-order valence-electron chi connectivity index (χ3n) is 7.51. The maximum absolute atomic E-state index is 6.42. The van der Waals surface area contributed by atoms with Crippen molar-refractivity contribution < 1.29 is 9.47 Å². The Morgan fingerprint density at radius 2 is 1.64 bits per heavy atom. The Hall–Kier alpha value is -0.340. The first-order chi connectivity index (χ1) is 10.8. The smallest absolute Gasteiger partial charge is 0.155 e. The molecule has 5 aliphatic rings. The van der Waals surface area contributed by atoms with Gasteiger partial charge in [0.1, 0.15) is 0 Å². The molecule has 0 saturated heterocycles. The Bertz CT molecular complexity index is 453. The predicted octanol–water partition coefficient (Wildman–Crippen LogP) is 4.55. The maximum atomic E-state index is 6.42. The molecular formula is C20H30O2. The van der Waals surface area contributed by atoms with E-state index in [0.717, 1.165) is 35.5 Å². The van der Waals surface area contributed by atoms with Gasteiger partial charge in [0.05, 0.1) is 12.2 Å². The van der Waals surface area contributed by atoms with Crippen LogP contribution in [0.4, 0.5) is 0 Å². The Morgan fingerprint density at radius 1 is 0.864 bits per heavy atom. The number of hydrogen-bond acceptors (Lipinski definition) is 2. The van der Waals surface area contributed by atoms with Crippen molar-refractivity contribution in [1.29, 1.82) is 0 Å². The summed E-state index contributed by atoms with van der Waals surface area (Å²) in [6, 6.07) is 0. The van der Waals surface area contributed by atoms with Crippen molar-refractivity contribution in [2.75, 3.05) is 0 Å². The minimum atomic E-state index is 0.0000302. The maximum Gasteiger partial charge on any atom is 0.155 e. The molecule has 8 atom stereocenters. The van der Waals surface area contributed by atoms with Crippen molar-refractivity contribution in [1.82, 2.24) is 0 Å². The van der Waals surface area contributed by atoms with E-state index in [1.807, 2.05) is 0 Å². The van der Waals surface area contributed by atoms with Crippen molar-refractivity contribution >= 4 is 0 Å². The van der Waals surface area contributed by atoms with Crippen molar-refractivity contribution in [2.24, 2.45) is 35.5 Å². The second-order valence-corrected chi connectivity index (χ2v) is 8.64. The summed E-state index contributed by atoms with van der Waals surface area (Å²) in [5, 5.41) is 0. The lowest BCUT2D eigenvalue weighted by Gasteiger charge is -2.38. The summed E-state index contributed by atoms with van der Waals surface area (Å²) in [5.74, 6) is 5.53. The predicted molar refractivity (Wildman–Crippen MR) is 86.2 cm³/mol. The molecule has 0 N–H and O–H groups in total. The van der Waals surface area contributed by atoms with E-state index in [9.17, 15) is 0 Å². The molecule has 2 heteroatoms. The molecule has 5 aliphatic carbocycles. The van der Waals surface area contributed by atoms with E-state index in [0.29, 0.717) is 12.2 Å². The van der Waals surface area contributed by atoms with Gasteiger partial charge in [-0.25, -0.2) is 0 Å². The minimum Gasteiger partial charge on any atom is -0.350 e. The van der Waals surface area contributed by atoms with Gasteiger partial charge >= 0.3 is 0 Å². The lowest BCUT2D eigenvalue weighted by molar-refractivity contribution is -0.203. The number of ether oxygens (including phenoxy) is 2. The van der Waals surface area contributed by atoms with Gasteiger partial charge in [-0.2, -0.15) is 0 Å². The van der Waals surface area contributed by atoms with Crippen LogP contribution in [-0.2, 0) is 9.47 Å². The van der Waals surface area contributed by atoms with Gasteiger partial charge in [-0.1, -0.05) is 31.4 Å². The molecule has 22 heavy (non-hydrogen) atoms. The zero-order valence-corrected chi connectivity index (χ0v) is 13.8. The lowest BCUT2D eigenvalue weighted by Crippen LogP contribution is -2.38. The highest BCUT2D eigenvalue weighted by Gasteiger charge is 2.61. The Balaban J connectivity index is 1.20. The summed E-state index contributed by atoms with van der Waals surface area (Å²) in [5.41, 5.74) is 0. The van der Waals surface area contributed by atoms with Gasteiger partial charge < -0.3 is 9.47 Å². The molecule has 0 spiro atoms. The number of hydrogen-bond donors (Lipinski definition) is 0. The Kier molecular flexibility index (Phi) is 3.41. The molecule has 4 bridgehead atoms. The van der Waals surface area contributed by atoms with Gasteiger partial charge in [0.25, 0.3) is 0 Å². The van der Waals surface area contributed by atoms with E-state index in [-0.39, 0.29) is 6.29 Å². The fraction of sp³-hybridized carbons (Fsp3) is 0.900. The van der Waals surface area contributed by atoms with Crippen LogP contribution in [0.15, 0.2) is 12.2 Å². The summed E-state index contributed by atoms with van der Waals surface area (Å²) in [6.45, 7) is 2.14. The summed E-state index contributed by atoms with van der Waals surface area (Å²) in [7, 11) is 0. The first-order valence-corrected chi connectivity index (χ1v) is 9.79. The summed E-state index contributed by atoms with van der Waals surface area (Å²) in [6.07, 6.45) is 16.7. The van der Waals surface area contributed by atoms with Gasteiger partial charge in [-0.05, 0) is 74.5 Å². The molecule has 0 amide bonds. The minimum absolute atomic E-state index is 0.0000302. The van der Waals surface area contributed by atoms with Crippen molar-refractivity contribution in [3.05, 3.63) is 12.2 Å². The highest BCUT2D eigenvalue weighted by atomic mass is 16.7. The Morgan fingerprint density at radius 3 is 2.45 bits per heavy atom. The van der Waals surface area contributed by atoms with E-state index in [4.69, 9.17) is 9.47 Å². The Labute approximate surface area is 134 Å². The average molecular weight is 302 g/mol. The molecule has 4 saturated carbocycles. The van der Waals surface area contributed by atoms with Crippen LogP contribution in [0.2, 0.25) is 0 Å². The summed E-state index contributed by atoms with van der Waals surface area (Å²) in [4.78, 5) is 0. The quantitative estimate of drug-likeness (QED) is 0.431. The first-order valence-electron chi connectivity index (χ1n) is 9.79. The molecule has 0 aromatic heterocycles. The molecule has 122 valence electrons. The van der Waals surface area contributed by atoms with E-state index in [2.05, 4.69) is 19.1 Å². The van der Waals surface area contributed by atoms with Gasteiger partial charge in [0.15, 0.2) is 6.29 Å². The molecule has 0 radical (unpaired) electrons. The van der Waals surface area contributed by atoms with Crippen LogP contribution in [0.5, 0.6) is 0 Å². The van der Waals surface area contributed by atoms with Gasteiger partial charge in [0, 0.05) is 0 Å². The third kappa shape index (κ3) is 2.13. The SMILES string of the molecule is CC(OC1CCCCC1)OC1CC2CC1C1C3C=CC(C3)C21. The fourth-order valence-corrected chi connectivity index (χ4v) is 6.86. The van der Waals surface area contributed by atoms with Crippen molar-refractivity contribution in [3.8, 4) is 0 Å². The molecule has 2 nitrogen and oxygen atoms in total. The number of allylic oxidation sites excluding steroid dienone is 2. The number of fused-ring (bicyclic) bond motifs is 9. The van der Waals surface area contributed by atoms with E-state index < -0.39 is 0 Å². The molecule has 0 aliphatic heterocycles. The van der Waals surface area contributed by atoms with Crippen LogP contribution in [0, 0.1) is 35.5 Å². The van der Waals surface area contributed by atoms with Crippen molar-refractivity contribution in [3.63, 3.8) is 0 Å². The van der Waals surface area contributed by atoms with Crippen LogP contribution in [0.1, 0.15) is 58.3 Å². The summed E-state index contributed by atoms with van der Waals surface area (Å²) < 4.78 is 12.6. The van der Waals surface area contributed by atoms with Crippen molar-refractivity contribution in [2.45, 2.75) is 76.8 Å². The topological polar surface area (TPSA) is 18.5 Å². The van der Waals surface area contributed by atoms with Crippen LogP contribution in [-0.4, -0.2) is 18.5 Å². The normalized spacial score (nSPS) is 50.7. The van der Waals surface area contributed by atoms with Crippen LogP contribution < -0.4 is 0 Å². The van der Waals surface area contributed by atoms with Crippen LogP contribution in [0.25, 0.3) is 0 Å². The molecular weight excluding hydrogens is 272 g/mol. The van der Waals surface area contributed by atoms with Gasteiger partial charge in [-0.15, -0.1) is 0 Å². The molecule has 0 heterocycles. The van der Waals surface area contributed by atoms with Crippen LogP contribution in [0.3, 0.4) is 0 Å². The lowest BCUT2D eigenvalue weighted by atomic mass is 9.72. The largest absolute Gasteiger partial charge is 0.350 e. The molecule has 4 fully saturated rings. The molecule has 0 aromatic rings. The van der Waals surface area contributed by atoms with Gasteiger partial charge in [-0.3, -0.25) is 0 Å². The second kappa shape index (κ2) is 5.34. The monoisotopic (exact) mass is 302 g/mol. The van der Waals surface area contributed by atoms with E-state index >= 15 is 0 Å². The zero-order valence-electron chi connectivity index (χ0n) is 13.8. The second-order valence-electron chi connectivity index (χ2n) is 8.64. The average Bonchev–Trinajstić information content (AvgIpc) is 3.27. The summed E-state index contributed by atoms with van der Waals surface area (Å²) >= 11 is 0. The van der Waals surface area contributed by atoms with E-state index in [1.54, 1.807) is 0 Å². The first kappa shape index (κ1) is 14.0. The fourth-order valence-electron chi connectivity index (χ4n) is 6.86. The molecule has 8 unspecified atom stereocenters. The highest BCUT2D eigenvalue weighted by Crippen LogP contribution is 2.65. The van der Waals surface area contributed by atoms with Gasteiger partial charge in [0.2, 0.25) is 0 Å². The standard InChI is InChI=1S/C20H30O2/c1-12(21-16-5-3-2-4-6-16)22-18-11-15-10-17(18)20-14-8-7-13(9-14)19(15)20/h7-8,12-20H,2-6,9-11H2,1H3. The highest BCUT2D eigenvalue weighted by molar-refractivity contribution is 5.21. The number of rotatable bonds is 4. The zero-order chi connectivity index (χ0) is 14.7. The van der Waals surface area contributed by atoms with Crippen LogP contribution >= 0.6 is 0 Å². The van der Waals surface area contributed by atoms with E-state index in [1.165, 1.54) is 51.4 Å². The third-order valence-corrected chi connectivity index (χ3v) is 7.51. The molecule has 5 rings (SSSR count).